The maximum Gasteiger partial charge on any atom is 0.282 e. The van der Waals surface area contributed by atoms with Gasteiger partial charge >= 0.3 is 0 Å². The number of aryl methyl sites for hydroxylation is 1. The minimum absolute atomic E-state index is 0.00615. The van der Waals surface area contributed by atoms with Gasteiger partial charge in [0.2, 0.25) is 0 Å². The number of nitrogens with one attached hydrogen (secondary N) is 1. The first kappa shape index (κ1) is 21.0. The van der Waals surface area contributed by atoms with Crippen LogP contribution in [0.4, 0.5) is 0 Å². The fraction of sp³-hybridized carbons (Fsp3) is 0.565. The lowest BCUT2D eigenvalue weighted by Crippen LogP contribution is -2.54. The van der Waals surface area contributed by atoms with Gasteiger partial charge in [-0.05, 0) is 57.4 Å². The molecule has 6 nitrogen and oxygen atoms in total. The van der Waals surface area contributed by atoms with Crippen LogP contribution >= 0.6 is 34.3 Å². The van der Waals surface area contributed by atoms with E-state index in [2.05, 4.69) is 28.7 Å². The molecule has 1 N–H and O–H groups in total. The lowest BCUT2D eigenvalue weighted by molar-refractivity contribution is 0.0648. The van der Waals surface area contributed by atoms with Crippen LogP contribution in [0.2, 0.25) is 4.34 Å². The number of amides is 1. The average molecular weight is 488 g/mol. The van der Waals surface area contributed by atoms with E-state index in [9.17, 15) is 4.79 Å². The Morgan fingerprint density at radius 1 is 1.25 bits per heavy atom. The second-order valence-electron chi connectivity index (χ2n) is 9.87. The average Bonchev–Trinajstić information content (AvgIpc) is 3.07. The Labute approximate surface area is 200 Å². The molecule has 5 atom stereocenters. The Kier molecular flexibility index (Phi) is 4.88. The number of thiazole rings is 1. The number of fused-ring (bicyclic) bond motifs is 3. The van der Waals surface area contributed by atoms with Crippen molar-refractivity contribution in [2.24, 2.45) is 0 Å². The molecule has 3 aliphatic rings. The first-order valence-electron chi connectivity index (χ1n) is 11.2. The molecule has 0 radical (unpaired) electrons. The summed E-state index contributed by atoms with van der Waals surface area (Å²) >= 11 is 9.59. The van der Waals surface area contributed by atoms with E-state index in [4.69, 9.17) is 21.6 Å². The number of piperidine rings is 1. The van der Waals surface area contributed by atoms with Gasteiger partial charge in [0.1, 0.15) is 15.0 Å². The minimum atomic E-state index is -0.00615. The Balaban J connectivity index is 1.22. The molecule has 1 aliphatic carbocycles. The van der Waals surface area contributed by atoms with Crippen LogP contribution in [0.1, 0.15) is 77.9 Å². The number of aromatic nitrogens is 3. The number of rotatable bonds is 4. The van der Waals surface area contributed by atoms with Gasteiger partial charge in [-0.25, -0.2) is 15.0 Å². The van der Waals surface area contributed by atoms with Crippen molar-refractivity contribution >= 4 is 50.4 Å². The van der Waals surface area contributed by atoms with Crippen molar-refractivity contribution in [3.63, 3.8) is 0 Å². The van der Waals surface area contributed by atoms with Crippen LogP contribution in [-0.4, -0.2) is 50.4 Å². The summed E-state index contributed by atoms with van der Waals surface area (Å²) < 4.78 is 0.638. The van der Waals surface area contributed by atoms with Gasteiger partial charge < -0.3 is 10.2 Å². The molecule has 0 unspecified atom stereocenters. The summed E-state index contributed by atoms with van der Waals surface area (Å²) in [7, 11) is 1.92. The van der Waals surface area contributed by atoms with Crippen LogP contribution in [0.3, 0.4) is 0 Å². The second-order valence-corrected chi connectivity index (χ2v) is 12.4. The lowest BCUT2D eigenvalue weighted by Gasteiger charge is -2.40. The number of thiophene rings is 1. The van der Waals surface area contributed by atoms with Crippen molar-refractivity contribution < 1.29 is 4.79 Å². The van der Waals surface area contributed by atoms with Crippen LogP contribution in [0.5, 0.6) is 0 Å². The van der Waals surface area contributed by atoms with Crippen LogP contribution in [-0.2, 0) is 0 Å². The summed E-state index contributed by atoms with van der Waals surface area (Å²) in [5.74, 6) is 1.30. The van der Waals surface area contributed by atoms with Crippen LogP contribution in [0.25, 0.3) is 10.2 Å². The zero-order chi connectivity index (χ0) is 22.2. The van der Waals surface area contributed by atoms with Crippen molar-refractivity contribution in [3.05, 3.63) is 38.0 Å². The molecule has 9 heteroatoms. The molecule has 0 aromatic carbocycles. The third kappa shape index (κ3) is 3.47. The van der Waals surface area contributed by atoms with Gasteiger partial charge in [0, 0.05) is 41.9 Å². The number of nitrogens with zero attached hydrogens (tertiary/aromatic N) is 4. The summed E-state index contributed by atoms with van der Waals surface area (Å²) in [6, 6.07) is 2.86. The van der Waals surface area contributed by atoms with E-state index in [1.807, 2.05) is 18.9 Å². The predicted octanol–water partition coefficient (Wildman–Crippen LogP) is 5.13. The highest BCUT2D eigenvalue weighted by Crippen LogP contribution is 2.57. The molecular weight excluding hydrogens is 462 g/mol. The molecule has 1 amide bonds. The fourth-order valence-electron chi connectivity index (χ4n) is 5.72. The Morgan fingerprint density at radius 2 is 2.06 bits per heavy atom. The van der Waals surface area contributed by atoms with Gasteiger partial charge in [0.15, 0.2) is 5.01 Å². The quantitative estimate of drug-likeness (QED) is 0.552. The molecule has 3 aromatic rings. The van der Waals surface area contributed by atoms with Gasteiger partial charge in [-0.1, -0.05) is 22.9 Å². The highest BCUT2D eigenvalue weighted by atomic mass is 35.5. The first-order chi connectivity index (χ1) is 15.3. The van der Waals surface area contributed by atoms with Crippen molar-refractivity contribution in [2.45, 2.75) is 75.4 Å². The van der Waals surface area contributed by atoms with E-state index >= 15 is 0 Å². The molecule has 168 valence electrons. The largest absolute Gasteiger partial charge is 0.337 e. The smallest absolute Gasteiger partial charge is 0.282 e. The van der Waals surface area contributed by atoms with Gasteiger partial charge in [0.25, 0.3) is 5.91 Å². The number of hydrogen-bond acceptors (Lipinski definition) is 7. The zero-order valence-corrected chi connectivity index (χ0v) is 20.8. The predicted molar refractivity (Wildman–Crippen MR) is 129 cm³/mol. The van der Waals surface area contributed by atoms with Gasteiger partial charge in [-0.15, -0.1) is 11.3 Å². The van der Waals surface area contributed by atoms with E-state index in [0.29, 0.717) is 15.4 Å². The fourth-order valence-corrected chi connectivity index (χ4v) is 7.78. The molecule has 1 saturated carbocycles. The molecule has 3 aromatic heterocycles. The summed E-state index contributed by atoms with van der Waals surface area (Å²) in [5.41, 5.74) is 2.10. The molecule has 32 heavy (non-hydrogen) atoms. The zero-order valence-electron chi connectivity index (χ0n) is 18.4. The molecule has 2 aliphatic heterocycles. The number of carbonyl (C=O) groups is 1. The van der Waals surface area contributed by atoms with Crippen LogP contribution in [0.15, 0.2) is 11.4 Å². The van der Waals surface area contributed by atoms with Crippen LogP contribution < -0.4 is 5.32 Å². The Morgan fingerprint density at radius 3 is 2.88 bits per heavy atom. The normalized spacial score (nSPS) is 31.2. The standard InChI is InChI=1S/C23H26ClN5OS2/c1-11-25-17(14-5-7-31-20(14)26-11)15-9-16(15)18-19(24)32-21(27-18)22(30)29(3)13-8-12-4-6-23(2,10-13)28-12/h5,7,12-13,15-16,28H,4,6,8-10H2,1-3H3/t12-,13-,15+,16+,23+/m0/s1. The highest BCUT2D eigenvalue weighted by Gasteiger charge is 2.46. The first-order valence-corrected chi connectivity index (χ1v) is 13.3. The molecule has 2 saturated heterocycles. The van der Waals surface area contributed by atoms with Crippen molar-refractivity contribution in [1.29, 1.82) is 0 Å². The summed E-state index contributed by atoms with van der Waals surface area (Å²) in [6.07, 6.45) is 5.35. The molecule has 5 heterocycles. The number of halogens is 1. The number of carbonyl (C=O) groups excluding carboxylic acids is 1. The Hall–Kier alpha value is -1.61. The second kappa shape index (κ2) is 7.45. The summed E-state index contributed by atoms with van der Waals surface area (Å²) in [4.78, 5) is 30.3. The maximum absolute atomic E-state index is 13.3. The van der Waals surface area contributed by atoms with E-state index < -0.39 is 0 Å². The molecule has 6 rings (SSSR count). The topological polar surface area (TPSA) is 71.0 Å². The van der Waals surface area contributed by atoms with E-state index in [1.54, 1.807) is 11.3 Å². The number of hydrogen-bond donors (Lipinski definition) is 1. The molecule has 0 spiro atoms. The molecule has 2 bridgehead atoms. The molecule has 3 fully saturated rings. The Bertz CT molecular complexity index is 1220. The lowest BCUT2D eigenvalue weighted by atomic mass is 9.88. The monoisotopic (exact) mass is 487 g/mol. The van der Waals surface area contributed by atoms with Crippen molar-refractivity contribution in [3.8, 4) is 0 Å². The SMILES string of the molecule is Cc1nc([C@@H]2C[C@H]2c2nc(C(=O)N(C)[C@H]3C[C@@H]4CC[C@](C)(C3)N4)sc2Cl)c2ccsc2n1. The van der Waals surface area contributed by atoms with Crippen molar-refractivity contribution in [2.75, 3.05) is 7.05 Å². The summed E-state index contributed by atoms with van der Waals surface area (Å²) in [6.45, 7) is 4.22. The third-order valence-corrected chi connectivity index (χ3v) is 9.54. The van der Waals surface area contributed by atoms with Crippen LogP contribution in [0, 0.1) is 6.92 Å². The third-order valence-electron chi connectivity index (χ3n) is 7.46. The summed E-state index contributed by atoms with van der Waals surface area (Å²) in [5, 5.41) is 7.42. The maximum atomic E-state index is 13.3. The van der Waals surface area contributed by atoms with E-state index in [-0.39, 0.29) is 29.3 Å². The highest BCUT2D eigenvalue weighted by molar-refractivity contribution is 7.17. The minimum Gasteiger partial charge on any atom is -0.337 e. The van der Waals surface area contributed by atoms with E-state index in [0.717, 1.165) is 46.7 Å². The van der Waals surface area contributed by atoms with Gasteiger partial charge in [-0.3, -0.25) is 4.79 Å². The van der Waals surface area contributed by atoms with Gasteiger partial charge in [0.05, 0.1) is 11.4 Å². The van der Waals surface area contributed by atoms with Crippen molar-refractivity contribution in [1.82, 2.24) is 25.2 Å². The van der Waals surface area contributed by atoms with E-state index in [1.165, 1.54) is 24.2 Å². The van der Waals surface area contributed by atoms with Gasteiger partial charge in [-0.2, -0.15) is 0 Å². The molecular formula is C23H26ClN5OS2.